The highest BCUT2D eigenvalue weighted by molar-refractivity contribution is 7.89. The summed E-state index contributed by atoms with van der Waals surface area (Å²) >= 11 is 5.97. The van der Waals surface area contributed by atoms with Crippen LogP contribution in [0.15, 0.2) is 29.4 Å². The van der Waals surface area contributed by atoms with Crippen molar-refractivity contribution in [3.63, 3.8) is 0 Å². The first-order valence-corrected chi connectivity index (χ1v) is 7.95. The average Bonchev–Trinajstić information content (AvgIpc) is 2.87. The highest BCUT2D eigenvalue weighted by Gasteiger charge is 2.17. The van der Waals surface area contributed by atoms with Crippen LogP contribution in [-0.2, 0) is 16.4 Å². The van der Waals surface area contributed by atoms with E-state index in [-0.39, 0.29) is 9.92 Å². The third-order valence-electron chi connectivity index (χ3n) is 2.72. The molecule has 2 aromatic rings. The minimum Gasteiger partial charge on any atom is -0.263 e. The van der Waals surface area contributed by atoms with E-state index >= 15 is 0 Å². The standard InChI is InChI=1S/C12H15ClN4O2S/c1-9-4-5-11(10(13)7-9)20(18,19)16-6-2-3-12-14-8-15-17-12/h4-5,7-8,16H,2-3,6H2,1H3,(H,14,15,17). The van der Waals surface area contributed by atoms with Crippen LogP contribution in [-0.4, -0.2) is 30.1 Å². The summed E-state index contributed by atoms with van der Waals surface area (Å²) in [7, 11) is -3.58. The van der Waals surface area contributed by atoms with Crippen LogP contribution in [0.1, 0.15) is 17.8 Å². The van der Waals surface area contributed by atoms with Crippen molar-refractivity contribution in [1.29, 1.82) is 0 Å². The molecule has 1 heterocycles. The molecular weight excluding hydrogens is 300 g/mol. The van der Waals surface area contributed by atoms with Crippen LogP contribution in [0.25, 0.3) is 0 Å². The fourth-order valence-corrected chi connectivity index (χ4v) is 3.39. The maximum absolute atomic E-state index is 12.1. The Morgan fingerprint density at radius 3 is 2.85 bits per heavy atom. The summed E-state index contributed by atoms with van der Waals surface area (Å²) in [6, 6.07) is 4.86. The lowest BCUT2D eigenvalue weighted by atomic mass is 10.2. The van der Waals surface area contributed by atoms with E-state index in [1.54, 1.807) is 12.1 Å². The summed E-state index contributed by atoms with van der Waals surface area (Å²) < 4.78 is 26.7. The van der Waals surface area contributed by atoms with Gasteiger partial charge in [-0.3, -0.25) is 5.10 Å². The van der Waals surface area contributed by atoms with Gasteiger partial charge in [0.1, 0.15) is 17.0 Å². The van der Waals surface area contributed by atoms with Crippen LogP contribution in [0.4, 0.5) is 0 Å². The number of nitrogens with zero attached hydrogens (tertiary/aromatic N) is 2. The van der Waals surface area contributed by atoms with Gasteiger partial charge in [-0.1, -0.05) is 17.7 Å². The fraction of sp³-hybridized carbons (Fsp3) is 0.333. The lowest BCUT2D eigenvalue weighted by Crippen LogP contribution is -2.25. The van der Waals surface area contributed by atoms with E-state index in [1.807, 2.05) is 6.92 Å². The predicted molar refractivity (Wildman–Crippen MR) is 76.1 cm³/mol. The number of benzene rings is 1. The Labute approximate surface area is 122 Å². The Morgan fingerprint density at radius 1 is 1.40 bits per heavy atom. The van der Waals surface area contributed by atoms with Crippen LogP contribution in [0.2, 0.25) is 5.02 Å². The zero-order valence-electron chi connectivity index (χ0n) is 10.9. The molecule has 6 nitrogen and oxygen atoms in total. The number of aryl methyl sites for hydroxylation is 2. The normalized spacial score (nSPS) is 11.7. The molecule has 8 heteroatoms. The Hall–Kier alpha value is -1.44. The summed E-state index contributed by atoms with van der Waals surface area (Å²) in [5, 5.41) is 6.68. The molecule has 0 unspecified atom stereocenters. The quantitative estimate of drug-likeness (QED) is 0.794. The SMILES string of the molecule is Cc1ccc(S(=O)(=O)NCCCc2ncn[nH]2)c(Cl)c1. The summed E-state index contributed by atoms with van der Waals surface area (Å²) in [5.41, 5.74) is 0.916. The van der Waals surface area contributed by atoms with Crippen molar-refractivity contribution >= 4 is 21.6 Å². The molecule has 1 aromatic carbocycles. The van der Waals surface area contributed by atoms with Gasteiger partial charge in [0.25, 0.3) is 0 Å². The number of rotatable bonds is 6. The number of hydrogen-bond acceptors (Lipinski definition) is 4. The predicted octanol–water partition coefficient (Wildman–Crippen LogP) is 1.68. The molecule has 0 amide bonds. The summed E-state index contributed by atoms with van der Waals surface area (Å²) in [6.45, 7) is 2.17. The number of nitrogens with one attached hydrogen (secondary N) is 2. The lowest BCUT2D eigenvalue weighted by molar-refractivity contribution is 0.578. The Balaban J connectivity index is 1.93. The lowest BCUT2D eigenvalue weighted by Gasteiger charge is -2.08. The number of sulfonamides is 1. The smallest absolute Gasteiger partial charge is 0.242 e. The van der Waals surface area contributed by atoms with Crippen molar-refractivity contribution in [3.05, 3.63) is 40.9 Å². The van der Waals surface area contributed by atoms with Crippen molar-refractivity contribution in [3.8, 4) is 0 Å². The zero-order valence-corrected chi connectivity index (χ0v) is 12.5. The molecule has 20 heavy (non-hydrogen) atoms. The van der Waals surface area contributed by atoms with Crippen LogP contribution in [0.5, 0.6) is 0 Å². The third kappa shape index (κ3) is 3.78. The first-order chi connectivity index (χ1) is 9.49. The molecule has 0 aliphatic carbocycles. The van der Waals surface area contributed by atoms with Gasteiger partial charge in [0.05, 0.1) is 5.02 Å². The second-order valence-electron chi connectivity index (χ2n) is 4.37. The minimum absolute atomic E-state index is 0.101. The van der Waals surface area contributed by atoms with Gasteiger partial charge in [-0.15, -0.1) is 0 Å². The molecule has 0 aliphatic heterocycles. The fourth-order valence-electron chi connectivity index (χ4n) is 1.72. The van der Waals surface area contributed by atoms with Crippen molar-refractivity contribution < 1.29 is 8.42 Å². The Morgan fingerprint density at radius 2 is 2.20 bits per heavy atom. The van der Waals surface area contributed by atoms with Crippen LogP contribution >= 0.6 is 11.6 Å². The number of H-pyrrole nitrogens is 1. The molecule has 0 saturated heterocycles. The van der Waals surface area contributed by atoms with E-state index in [0.29, 0.717) is 19.4 Å². The second-order valence-corrected chi connectivity index (χ2v) is 6.51. The van der Waals surface area contributed by atoms with E-state index in [1.165, 1.54) is 12.4 Å². The van der Waals surface area contributed by atoms with E-state index in [9.17, 15) is 8.42 Å². The average molecular weight is 315 g/mol. The number of aromatic nitrogens is 3. The van der Waals surface area contributed by atoms with E-state index in [4.69, 9.17) is 11.6 Å². The van der Waals surface area contributed by atoms with Gasteiger partial charge >= 0.3 is 0 Å². The van der Waals surface area contributed by atoms with Crippen LogP contribution < -0.4 is 4.72 Å². The highest BCUT2D eigenvalue weighted by atomic mass is 35.5. The molecule has 0 radical (unpaired) electrons. The molecule has 108 valence electrons. The zero-order chi connectivity index (χ0) is 14.6. The molecule has 0 saturated carbocycles. The Bertz CT molecular complexity index is 671. The summed E-state index contributed by atoms with van der Waals surface area (Å²) in [5.74, 6) is 0.734. The number of hydrogen-bond donors (Lipinski definition) is 2. The monoisotopic (exact) mass is 314 g/mol. The first-order valence-electron chi connectivity index (χ1n) is 6.09. The van der Waals surface area contributed by atoms with Gasteiger partial charge < -0.3 is 0 Å². The van der Waals surface area contributed by atoms with Crippen LogP contribution in [0.3, 0.4) is 0 Å². The number of halogens is 1. The topological polar surface area (TPSA) is 87.7 Å². The number of aromatic amines is 1. The van der Waals surface area contributed by atoms with Crippen molar-refractivity contribution in [2.75, 3.05) is 6.54 Å². The minimum atomic E-state index is -3.58. The maximum atomic E-state index is 12.1. The van der Waals surface area contributed by atoms with Gasteiger partial charge in [-0.05, 0) is 31.0 Å². The first kappa shape index (κ1) is 15.0. The van der Waals surface area contributed by atoms with Gasteiger partial charge in [0.15, 0.2) is 0 Å². The van der Waals surface area contributed by atoms with E-state index in [0.717, 1.165) is 11.4 Å². The van der Waals surface area contributed by atoms with Crippen LogP contribution in [0, 0.1) is 6.92 Å². The van der Waals surface area contributed by atoms with Gasteiger partial charge in [0.2, 0.25) is 10.0 Å². The maximum Gasteiger partial charge on any atom is 0.242 e. The molecular formula is C12H15ClN4O2S. The second kappa shape index (κ2) is 6.34. The van der Waals surface area contributed by atoms with Crippen molar-refractivity contribution in [2.24, 2.45) is 0 Å². The van der Waals surface area contributed by atoms with Gasteiger partial charge in [0, 0.05) is 13.0 Å². The molecule has 1 aromatic heterocycles. The van der Waals surface area contributed by atoms with E-state index in [2.05, 4.69) is 19.9 Å². The highest BCUT2D eigenvalue weighted by Crippen LogP contribution is 2.22. The van der Waals surface area contributed by atoms with Crippen molar-refractivity contribution in [2.45, 2.75) is 24.7 Å². The summed E-state index contributed by atoms with van der Waals surface area (Å²) in [4.78, 5) is 4.07. The van der Waals surface area contributed by atoms with Crippen molar-refractivity contribution in [1.82, 2.24) is 19.9 Å². The van der Waals surface area contributed by atoms with Gasteiger partial charge in [-0.2, -0.15) is 5.10 Å². The molecule has 0 aliphatic rings. The molecule has 2 rings (SSSR count). The molecule has 0 bridgehead atoms. The molecule has 0 fully saturated rings. The Kier molecular flexibility index (Phi) is 4.74. The van der Waals surface area contributed by atoms with Gasteiger partial charge in [-0.25, -0.2) is 18.1 Å². The summed E-state index contributed by atoms with van der Waals surface area (Å²) in [6.07, 6.45) is 2.67. The molecule has 2 N–H and O–H groups in total. The molecule has 0 spiro atoms. The van der Waals surface area contributed by atoms with E-state index < -0.39 is 10.0 Å². The molecule has 0 atom stereocenters. The largest absolute Gasteiger partial charge is 0.263 e. The third-order valence-corrected chi connectivity index (χ3v) is 4.67.